The first-order valence-corrected chi connectivity index (χ1v) is 8.51. The highest BCUT2D eigenvalue weighted by molar-refractivity contribution is 8.00. The van der Waals surface area contributed by atoms with Crippen molar-refractivity contribution >= 4 is 46.3 Å². The van der Waals surface area contributed by atoms with Crippen LogP contribution in [-0.2, 0) is 6.54 Å². The molecular weight excluding hydrogens is 317 g/mol. The second-order valence-electron chi connectivity index (χ2n) is 4.21. The number of nitrogens with one attached hydrogen (secondary N) is 1. The minimum atomic E-state index is 0.441. The lowest BCUT2D eigenvalue weighted by Crippen LogP contribution is -2.21. The molecule has 0 bridgehead atoms. The summed E-state index contributed by atoms with van der Waals surface area (Å²) in [6.07, 6.45) is 0. The number of thioether (sulfide) groups is 1. The Morgan fingerprint density at radius 1 is 1.32 bits per heavy atom. The van der Waals surface area contributed by atoms with Crippen LogP contribution >= 0.6 is 46.3 Å². The number of rotatable bonds is 6. The molecule has 1 N–H and O–H groups in total. The van der Waals surface area contributed by atoms with E-state index in [0.29, 0.717) is 5.25 Å². The Balaban J connectivity index is 1.80. The lowest BCUT2D eigenvalue weighted by Gasteiger charge is -2.13. The first kappa shape index (κ1) is 15.2. The third-order valence-electron chi connectivity index (χ3n) is 2.53. The van der Waals surface area contributed by atoms with E-state index in [2.05, 4.69) is 29.8 Å². The van der Waals surface area contributed by atoms with Gasteiger partial charge in [-0.3, -0.25) is 0 Å². The zero-order valence-corrected chi connectivity index (χ0v) is 13.7. The number of benzene rings is 1. The van der Waals surface area contributed by atoms with Gasteiger partial charge in [-0.25, -0.2) is 0 Å². The van der Waals surface area contributed by atoms with Crippen molar-refractivity contribution < 1.29 is 0 Å². The maximum absolute atomic E-state index is 6.16. The van der Waals surface area contributed by atoms with Crippen LogP contribution in [0.1, 0.15) is 11.8 Å². The van der Waals surface area contributed by atoms with Crippen LogP contribution in [0.3, 0.4) is 0 Å². The van der Waals surface area contributed by atoms with E-state index < -0.39 is 0 Å². The lowest BCUT2D eigenvalue weighted by molar-refractivity contribution is 0.690. The maximum atomic E-state index is 6.16. The van der Waals surface area contributed by atoms with Crippen LogP contribution in [0, 0.1) is 0 Å². The summed E-state index contributed by atoms with van der Waals surface area (Å²) in [5, 5.41) is 7.49. The van der Waals surface area contributed by atoms with Gasteiger partial charge in [-0.15, -0.1) is 23.1 Å². The van der Waals surface area contributed by atoms with Crippen LogP contribution in [-0.4, -0.2) is 11.8 Å². The van der Waals surface area contributed by atoms with Crippen LogP contribution < -0.4 is 5.32 Å². The quantitative estimate of drug-likeness (QED) is 0.718. The molecule has 0 fully saturated rings. The normalized spacial score (nSPS) is 12.6. The van der Waals surface area contributed by atoms with E-state index in [1.165, 1.54) is 4.88 Å². The van der Waals surface area contributed by atoms with Gasteiger partial charge < -0.3 is 5.32 Å². The van der Waals surface area contributed by atoms with E-state index in [-0.39, 0.29) is 0 Å². The molecule has 0 spiro atoms. The van der Waals surface area contributed by atoms with Crippen LogP contribution in [0.5, 0.6) is 0 Å². The van der Waals surface area contributed by atoms with E-state index in [0.717, 1.165) is 28.0 Å². The molecule has 0 saturated heterocycles. The molecule has 0 saturated carbocycles. The van der Waals surface area contributed by atoms with Crippen molar-refractivity contribution in [3.63, 3.8) is 0 Å². The van der Waals surface area contributed by atoms with Crippen molar-refractivity contribution in [1.29, 1.82) is 0 Å². The number of hydrogen-bond acceptors (Lipinski definition) is 3. The molecule has 2 aromatic rings. The SMILES string of the molecule is CC(CNCc1cccs1)Sc1cc(Cl)ccc1Cl. The van der Waals surface area contributed by atoms with E-state index in [9.17, 15) is 0 Å². The second-order valence-corrected chi connectivity index (χ2v) is 7.57. The summed E-state index contributed by atoms with van der Waals surface area (Å²) >= 11 is 15.7. The van der Waals surface area contributed by atoms with Crippen LogP contribution in [0.15, 0.2) is 40.6 Å². The Bertz CT molecular complexity index is 514. The average molecular weight is 332 g/mol. The van der Waals surface area contributed by atoms with E-state index >= 15 is 0 Å². The monoisotopic (exact) mass is 331 g/mol. The van der Waals surface area contributed by atoms with Gasteiger partial charge in [0.2, 0.25) is 0 Å². The van der Waals surface area contributed by atoms with E-state index in [1.807, 2.05) is 18.2 Å². The van der Waals surface area contributed by atoms with Gasteiger partial charge in [-0.1, -0.05) is 36.2 Å². The number of hydrogen-bond donors (Lipinski definition) is 1. The summed E-state index contributed by atoms with van der Waals surface area (Å²) in [4.78, 5) is 2.40. The molecule has 0 aliphatic rings. The lowest BCUT2D eigenvalue weighted by atomic mass is 10.4. The van der Waals surface area contributed by atoms with Gasteiger partial charge in [0.25, 0.3) is 0 Å². The Morgan fingerprint density at radius 3 is 2.89 bits per heavy atom. The van der Waals surface area contributed by atoms with Gasteiger partial charge in [-0.05, 0) is 29.6 Å². The van der Waals surface area contributed by atoms with Crippen molar-refractivity contribution in [2.45, 2.75) is 23.6 Å². The molecule has 19 heavy (non-hydrogen) atoms. The maximum Gasteiger partial charge on any atom is 0.0543 e. The Morgan fingerprint density at radius 2 is 2.16 bits per heavy atom. The molecule has 102 valence electrons. The molecule has 2 rings (SSSR count). The first-order valence-electron chi connectivity index (χ1n) is 6.00. The highest BCUT2D eigenvalue weighted by Crippen LogP contribution is 2.32. The average Bonchev–Trinajstić information content (AvgIpc) is 2.87. The summed E-state index contributed by atoms with van der Waals surface area (Å²) in [5.41, 5.74) is 0. The minimum absolute atomic E-state index is 0.441. The Hall–Kier alpha value is -0.190. The standard InChI is InChI=1S/C14H15Cl2NS2/c1-10(8-17-9-12-3-2-6-18-12)19-14-7-11(15)4-5-13(14)16/h2-7,10,17H,8-9H2,1H3. The fraction of sp³-hybridized carbons (Fsp3) is 0.286. The molecule has 0 aliphatic carbocycles. The minimum Gasteiger partial charge on any atom is -0.311 e. The van der Waals surface area contributed by atoms with Crippen LogP contribution in [0.2, 0.25) is 10.0 Å². The summed E-state index contributed by atoms with van der Waals surface area (Å²) in [5.74, 6) is 0. The molecule has 1 aromatic heterocycles. The summed E-state index contributed by atoms with van der Waals surface area (Å²) < 4.78 is 0. The van der Waals surface area contributed by atoms with Crippen LogP contribution in [0.4, 0.5) is 0 Å². The zero-order valence-electron chi connectivity index (χ0n) is 10.5. The largest absolute Gasteiger partial charge is 0.311 e. The van der Waals surface area contributed by atoms with Gasteiger partial charge in [0.05, 0.1) is 5.02 Å². The van der Waals surface area contributed by atoms with Crippen molar-refractivity contribution in [3.8, 4) is 0 Å². The molecule has 0 radical (unpaired) electrons. The van der Waals surface area contributed by atoms with Gasteiger partial charge >= 0.3 is 0 Å². The van der Waals surface area contributed by atoms with Gasteiger partial charge in [0.1, 0.15) is 0 Å². The van der Waals surface area contributed by atoms with Crippen molar-refractivity contribution in [1.82, 2.24) is 5.32 Å². The highest BCUT2D eigenvalue weighted by Gasteiger charge is 2.08. The molecule has 1 aromatic carbocycles. The molecule has 1 nitrogen and oxygen atoms in total. The number of thiophene rings is 1. The summed E-state index contributed by atoms with van der Waals surface area (Å²) in [7, 11) is 0. The third-order valence-corrected chi connectivity index (χ3v) is 5.25. The predicted octanol–water partition coefficient (Wildman–Crippen LogP) is 5.33. The fourth-order valence-corrected chi connectivity index (χ4v) is 3.81. The molecular formula is C14H15Cl2NS2. The van der Waals surface area contributed by atoms with Gasteiger partial charge in [0.15, 0.2) is 0 Å². The zero-order chi connectivity index (χ0) is 13.7. The van der Waals surface area contributed by atoms with Gasteiger partial charge in [0, 0.05) is 33.1 Å². The van der Waals surface area contributed by atoms with Gasteiger partial charge in [-0.2, -0.15) is 0 Å². The molecule has 1 heterocycles. The molecule has 1 atom stereocenters. The second kappa shape index (κ2) is 7.55. The molecule has 0 aliphatic heterocycles. The Kier molecular flexibility index (Phi) is 6.05. The predicted molar refractivity (Wildman–Crippen MR) is 87.8 cm³/mol. The molecule has 5 heteroatoms. The Labute approximate surface area is 132 Å². The highest BCUT2D eigenvalue weighted by atomic mass is 35.5. The molecule has 0 amide bonds. The molecule has 1 unspecified atom stereocenters. The van der Waals surface area contributed by atoms with Crippen molar-refractivity contribution in [3.05, 3.63) is 50.6 Å². The topological polar surface area (TPSA) is 12.0 Å². The van der Waals surface area contributed by atoms with E-state index in [1.54, 1.807) is 23.1 Å². The first-order chi connectivity index (χ1) is 9.15. The third kappa shape index (κ3) is 5.01. The van der Waals surface area contributed by atoms with Crippen molar-refractivity contribution in [2.75, 3.05) is 6.54 Å². The smallest absolute Gasteiger partial charge is 0.0543 e. The number of halogens is 2. The summed E-state index contributed by atoms with van der Waals surface area (Å²) in [6, 6.07) is 9.80. The fourth-order valence-electron chi connectivity index (χ4n) is 1.64. The summed E-state index contributed by atoms with van der Waals surface area (Å²) in [6.45, 7) is 4.04. The van der Waals surface area contributed by atoms with Crippen molar-refractivity contribution in [2.24, 2.45) is 0 Å². The van der Waals surface area contributed by atoms with E-state index in [4.69, 9.17) is 23.2 Å². The van der Waals surface area contributed by atoms with Crippen LogP contribution in [0.25, 0.3) is 0 Å².